The van der Waals surface area contributed by atoms with Crippen molar-refractivity contribution in [2.24, 2.45) is 0 Å². The number of nitrogens with zero attached hydrogens (tertiary/aromatic N) is 1. The first kappa shape index (κ1) is 21.5. The van der Waals surface area contributed by atoms with Crippen molar-refractivity contribution in [2.45, 2.75) is 0 Å². The van der Waals surface area contributed by atoms with E-state index in [9.17, 15) is 4.79 Å². The molecule has 162 valence electrons. The van der Waals surface area contributed by atoms with Gasteiger partial charge in [-0.05, 0) is 42.5 Å². The third kappa shape index (κ3) is 4.18. The van der Waals surface area contributed by atoms with E-state index in [0.29, 0.717) is 44.7 Å². The average molecular weight is 449 g/mol. The molecule has 0 unspecified atom stereocenters. The lowest BCUT2D eigenvalue weighted by Crippen LogP contribution is -2.14. The van der Waals surface area contributed by atoms with Gasteiger partial charge in [-0.15, -0.1) is 0 Å². The number of halogens is 1. The number of para-hydroxylation sites is 1. The number of anilines is 1. The summed E-state index contributed by atoms with van der Waals surface area (Å²) in [6, 6.07) is 19.7. The smallest absolute Gasteiger partial charge is 0.256 e. The van der Waals surface area contributed by atoms with Gasteiger partial charge in [0.15, 0.2) is 0 Å². The molecule has 4 aromatic rings. The summed E-state index contributed by atoms with van der Waals surface area (Å²) in [4.78, 5) is 18.1. The molecule has 7 heteroatoms. The Morgan fingerprint density at radius 3 is 2.41 bits per heavy atom. The molecule has 0 radical (unpaired) electrons. The van der Waals surface area contributed by atoms with Crippen LogP contribution >= 0.6 is 11.6 Å². The van der Waals surface area contributed by atoms with E-state index in [1.165, 1.54) is 7.11 Å². The van der Waals surface area contributed by atoms with Crippen molar-refractivity contribution >= 4 is 34.1 Å². The number of benzene rings is 3. The second kappa shape index (κ2) is 9.16. The van der Waals surface area contributed by atoms with Gasteiger partial charge in [0.1, 0.15) is 17.2 Å². The number of fused-ring (bicyclic) bond motifs is 1. The second-order valence-corrected chi connectivity index (χ2v) is 7.37. The Bertz CT molecular complexity index is 1310. The number of aromatic nitrogens is 1. The van der Waals surface area contributed by atoms with Gasteiger partial charge < -0.3 is 19.5 Å². The molecule has 6 nitrogen and oxygen atoms in total. The van der Waals surface area contributed by atoms with E-state index in [1.807, 2.05) is 36.4 Å². The van der Waals surface area contributed by atoms with E-state index in [4.69, 9.17) is 30.8 Å². The van der Waals surface area contributed by atoms with Gasteiger partial charge in [0.25, 0.3) is 5.91 Å². The van der Waals surface area contributed by atoms with E-state index in [0.717, 1.165) is 10.9 Å². The van der Waals surface area contributed by atoms with Crippen molar-refractivity contribution in [3.63, 3.8) is 0 Å². The molecular formula is C25H21ClN2O4. The van der Waals surface area contributed by atoms with E-state index >= 15 is 0 Å². The number of hydrogen-bond acceptors (Lipinski definition) is 5. The standard InChI is InChI=1S/C25H21ClN2O4/c1-30-16-9-10-18(24(13-16)32-3)21-14-19(17-6-4-5-7-20(17)27-21)25(29)28-22-12-15(26)8-11-23(22)31-2/h4-14H,1-3H3,(H,28,29). The lowest BCUT2D eigenvalue weighted by atomic mass is 10.0. The van der Waals surface area contributed by atoms with Gasteiger partial charge >= 0.3 is 0 Å². The van der Waals surface area contributed by atoms with Gasteiger partial charge in [-0.25, -0.2) is 4.98 Å². The zero-order valence-electron chi connectivity index (χ0n) is 17.8. The summed E-state index contributed by atoms with van der Waals surface area (Å²) in [5.41, 5.74) is 2.98. The number of methoxy groups -OCH3 is 3. The van der Waals surface area contributed by atoms with Crippen LogP contribution in [0.15, 0.2) is 66.7 Å². The minimum atomic E-state index is -0.308. The van der Waals surface area contributed by atoms with Gasteiger partial charge in [0, 0.05) is 22.0 Å². The molecule has 1 aromatic heterocycles. The van der Waals surface area contributed by atoms with Crippen molar-refractivity contribution in [1.82, 2.24) is 4.98 Å². The van der Waals surface area contributed by atoms with E-state index in [1.54, 1.807) is 44.6 Å². The summed E-state index contributed by atoms with van der Waals surface area (Å²) in [5, 5.41) is 4.12. The Morgan fingerprint density at radius 1 is 0.875 bits per heavy atom. The predicted octanol–water partition coefficient (Wildman–Crippen LogP) is 5.83. The zero-order valence-corrected chi connectivity index (χ0v) is 18.6. The van der Waals surface area contributed by atoms with Crippen molar-refractivity contribution in [1.29, 1.82) is 0 Å². The molecule has 0 aliphatic heterocycles. The van der Waals surface area contributed by atoms with Crippen LogP contribution in [0.3, 0.4) is 0 Å². The molecule has 0 fully saturated rings. The lowest BCUT2D eigenvalue weighted by molar-refractivity contribution is 0.102. The summed E-state index contributed by atoms with van der Waals surface area (Å²) in [6.07, 6.45) is 0. The molecule has 0 saturated heterocycles. The number of nitrogens with one attached hydrogen (secondary N) is 1. The van der Waals surface area contributed by atoms with Crippen LogP contribution in [0.1, 0.15) is 10.4 Å². The molecule has 1 N–H and O–H groups in total. The topological polar surface area (TPSA) is 69.7 Å². The van der Waals surface area contributed by atoms with E-state index in [-0.39, 0.29) is 5.91 Å². The molecule has 4 rings (SSSR count). The maximum absolute atomic E-state index is 13.4. The fourth-order valence-electron chi connectivity index (χ4n) is 3.48. The molecule has 0 aliphatic carbocycles. The number of carbonyl (C=O) groups is 1. The minimum Gasteiger partial charge on any atom is -0.497 e. The van der Waals surface area contributed by atoms with Gasteiger partial charge in [0.2, 0.25) is 0 Å². The number of amides is 1. The molecule has 0 bridgehead atoms. The van der Waals surface area contributed by atoms with Crippen LogP contribution in [-0.4, -0.2) is 32.2 Å². The lowest BCUT2D eigenvalue weighted by Gasteiger charge is -2.14. The van der Waals surface area contributed by atoms with Crippen LogP contribution in [0, 0.1) is 0 Å². The third-order valence-electron chi connectivity index (χ3n) is 5.06. The van der Waals surface area contributed by atoms with Crippen LogP contribution < -0.4 is 19.5 Å². The molecule has 1 heterocycles. The normalized spacial score (nSPS) is 10.6. The summed E-state index contributed by atoms with van der Waals surface area (Å²) < 4.78 is 16.2. The van der Waals surface area contributed by atoms with Crippen LogP contribution in [0.5, 0.6) is 17.2 Å². The quantitative estimate of drug-likeness (QED) is 0.401. The highest BCUT2D eigenvalue weighted by molar-refractivity contribution is 6.31. The molecule has 0 spiro atoms. The number of rotatable bonds is 6. The van der Waals surface area contributed by atoms with Crippen LogP contribution in [-0.2, 0) is 0 Å². The highest BCUT2D eigenvalue weighted by Crippen LogP contribution is 2.35. The van der Waals surface area contributed by atoms with Gasteiger partial charge in [0.05, 0.1) is 43.8 Å². The Hall–Kier alpha value is -3.77. The largest absolute Gasteiger partial charge is 0.497 e. The first-order chi connectivity index (χ1) is 15.5. The Balaban J connectivity index is 1.84. The monoisotopic (exact) mass is 448 g/mol. The predicted molar refractivity (Wildman–Crippen MR) is 126 cm³/mol. The highest BCUT2D eigenvalue weighted by atomic mass is 35.5. The molecule has 3 aromatic carbocycles. The van der Waals surface area contributed by atoms with E-state index < -0.39 is 0 Å². The zero-order chi connectivity index (χ0) is 22.7. The Kier molecular flexibility index (Phi) is 6.14. The van der Waals surface area contributed by atoms with Crippen molar-refractivity contribution < 1.29 is 19.0 Å². The highest BCUT2D eigenvalue weighted by Gasteiger charge is 2.18. The second-order valence-electron chi connectivity index (χ2n) is 6.94. The summed E-state index contributed by atoms with van der Waals surface area (Å²) in [6.45, 7) is 0. The fourth-order valence-corrected chi connectivity index (χ4v) is 3.65. The van der Waals surface area contributed by atoms with Gasteiger partial charge in [-0.2, -0.15) is 0 Å². The maximum atomic E-state index is 13.4. The number of ether oxygens (including phenoxy) is 3. The van der Waals surface area contributed by atoms with E-state index in [2.05, 4.69) is 5.32 Å². The number of pyridine rings is 1. The fraction of sp³-hybridized carbons (Fsp3) is 0.120. The minimum absolute atomic E-state index is 0.308. The molecule has 0 aliphatic rings. The first-order valence-electron chi connectivity index (χ1n) is 9.81. The maximum Gasteiger partial charge on any atom is 0.256 e. The molecule has 1 amide bonds. The molecule has 32 heavy (non-hydrogen) atoms. The number of carbonyl (C=O) groups excluding carboxylic acids is 1. The molecular weight excluding hydrogens is 428 g/mol. The van der Waals surface area contributed by atoms with Crippen molar-refractivity contribution in [3.8, 4) is 28.5 Å². The van der Waals surface area contributed by atoms with Gasteiger partial charge in [-0.3, -0.25) is 4.79 Å². The molecule has 0 saturated carbocycles. The Labute approximate surface area is 190 Å². The van der Waals surface area contributed by atoms with Crippen molar-refractivity contribution in [2.75, 3.05) is 26.6 Å². The first-order valence-corrected chi connectivity index (χ1v) is 10.2. The van der Waals surface area contributed by atoms with Crippen LogP contribution in [0.4, 0.5) is 5.69 Å². The average Bonchev–Trinajstić information content (AvgIpc) is 2.83. The number of hydrogen-bond donors (Lipinski definition) is 1. The summed E-state index contributed by atoms with van der Waals surface area (Å²) >= 11 is 6.12. The Morgan fingerprint density at radius 2 is 1.66 bits per heavy atom. The summed E-state index contributed by atoms with van der Waals surface area (Å²) in [7, 11) is 4.71. The van der Waals surface area contributed by atoms with Crippen LogP contribution in [0.25, 0.3) is 22.2 Å². The molecule has 0 atom stereocenters. The van der Waals surface area contributed by atoms with Crippen LogP contribution in [0.2, 0.25) is 5.02 Å². The third-order valence-corrected chi connectivity index (χ3v) is 5.29. The van der Waals surface area contributed by atoms with Crippen molar-refractivity contribution in [3.05, 3.63) is 77.3 Å². The van der Waals surface area contributed by atoms with Gasteiger partial charge in [-0.1, -0.05) is 29.8 Å². The summed E-state index contributed by atoms with van der Waals surface area (Å²) in [5.74, 6) is 1.46. The SMILES string of the molecule is COc1ccc(-c2cc(C(=O)Nc3cc(Cl)ccc3OC)c3ccccc3n2)c(OC)c1.